The van der Waals surface area contributed by atoms with Crippen LogP contribution in [0.4, 0.5) is 5.13 Å². The molecule has 5 N–H and O–H groups in total. The van der Waals surface area contributed by atoms with Crippen molar-refractivity contribution in [3.05, 3.63) is 11.1 Å². The van der Waals surface area contributed by atoms with Crippen LogP contribution in [0.2, 0.25) is 0 Å². The lowest BCUT2D eigenvalue weighted by Crippen LogP contribution is -2.74. The number of anilines is 1. The molecule has 1 fully saturated rings. The van der Waals surface area contributed by atoms with Crippen LogP contribution in [0.1, 0.15) is 19.5 Å². The van der Waals surface area contributed by atoms with Gasteiger partial charge in [-0.05, 0) is 13.8 Å². The number of carboxylic acid groups (broad SMARTS) is 1. The van der Waals surface area contributed by atoms with Crippen LogP contribution in [0.5, 0.6) is 0 Å². The number of nitrogens with zero attached hydrogens (tertiary/aromatic N) is 3. The van der Waals surface area contributed by atoms with E-state index in [2.05, 4.69) is 15.5 Å². The second kappa shape index (κ2) is 8.60. The SMILES string of the molecule is CC(C)(O/N=C(\C(=O)N[C@H]1C(=O)N(S(=O)(=O)O)[C@H]1CS(C)(=O)=O)c1csc(N)n1)C(=O)O. The van der Waals surface area contributed by atoms with E-state index in [-0.39, 0.29) is 15.1 Å². The smallest absolute Gasteiger partial charge is 0.362 e. The summed E-state index contributed by atoms with van der Waals surface area (Å²) in [5.74, 6) is -4.76. The number of nitrogens with one attached hydrogen (secondary N) is 1. The maximum atomic E-state index is 12.8. The summed E-state index contributed by atoms with van der Waals surface area (Å²) < 4.78 is 55.2. The molecule has 0 spiro atoms. The van der Waals surface area contributed by atoms with Gasteiger partial charge in [0.15, 0.2) is 10.8 Å². The summed E-state index contributed by atoms with van der Waals surface area (Å²) in [6.07, 6.45) is 0.767. The minimum Gasteiger partial charge on any atom is -0.478 e. The lowest BCUT2D eigenvalue weighted by molar-refractivity contribution is -0.161. The van der Waals surface area contributed by atoms with Gasteiger partial charge in [0.05, 0.1) is 11.8 Å². The standard InChI is InChI=1S/C14H19N5O10S3/c1-14(2,12(22)23)29-18-8(6-4-30-13(15)16-6)10(20)17-9-7(5-31(3,24)25)19(11(9)21)32(26,27)28/h4,7,9H,5H2,1-3H3,(H2,15,16)(H,17,20)(H,22,23)(H,26,27,28)/b18-8-/t7-,9+/m0/s1. The predicted molar refractivity (Wildman–Crippen MR) is 110 cm³/mol. The van der Waals surface area contributed by atoms with E-state index in [4.69, 9.17) is 15.7 Å². The molecule has 178 valence electrons. The lowest BCUT2D eigenvalue weighted by atomic mass is 10.0. The molecule has 2 heterocycles. The molecular weight excluding hydrogens is 494 g/mol. The Labute approximate surface area is 186 Å². The molecular formula is C14H19N5O10S3. The molecule has 1 aliphatic heterocycles. The zero-order valence-electron chi connectivity index (χ0n) is 16.7. The van der Waals surface area contributed by atoms with Crippen LogP contribution in [0.25, 0.3) is 0 Å². The number of carboxylic acids is 1. The van der Waals surface area contributed by atoms with Crippen molar-refractivity contribution in [2.45, 2.75) is 31.5 Å². The number of nitrogens with two attached hydrogens (primary N) is 1. The number of β-lactam (4-membered cyclic amide) rings is 1. The van der Waals surface area contributed by atoms with Gasteiger partial charge in [0.25, 0.3) is 11.8 Å². The van der Waals surface area contributed by atoms with Crippen molar-refractivity contribution >= 4 is 60.1 Å². The average Bonchev–Trinajstić information content (AvgIpc) is 3.03. The number of rotatable bonds is 9. The minimum atomic E-state index is -5.09. The molecule has 0 aliphatic carbocycles. The Hall–Kier alpha value is -2.83. The van der Waals surface area contributed by atoms with Crippen molar-refractivity contribution in [1.29, 1.82) is 0 Å². The van der Waals surface area contributed by atoms with E-state index in [0.29, 0.717) is 0 Å². The summed E-state index contributed by atoms with van der Waals surface area (Å²) >= 11 is 0.908. The Balaban J connectivity index is 2.37. The van der Waals surface area contributed by atoms with Gasteiger partial charge in [0.1, 0.15) is 21.6 Å². The molecule has 2 amide bonds. The van der Waals surface area contributed by atoms with Gasteiger partial charge in [-0.15, -0.1) is 11.3 Å². The summed E-state index contributed by atoms with van der Waals surface area (Å²) in [6.45, 7) is 2.29. The van der Waals surface area contributed by atoms with Gasteiger partial charge in [-0.25, -0.2) is 22.5 Å². The molecule has 0 bridgehead atoms. The van der Waals surface area contributed by atoms with E-state index in [1.807, 2.05) is 0 Å². The van der Waals surface area contributed by atoms with Crippen LogP contribution in [0, 0.1) is 0 Å². The van der Waals surface area contributed by atoms with Crippen molar-refractivity contribution in [2.24, 2.45) is 5.16 Å². The fraction of sp³-hybridized carbons (Fsp3) is 0.500. The van der Waals surface area contributed by atoms with Crippen LogP contribution in [0.3, 0.4) is 0 Å². The third-order valence-corrected chi connectivity index (χ3v) is 6.61. The molecule has 1 aromatic rings. The maximum absolute atomic E-state index is 12.8. The highest BCUT2D eigenvalue weighted by molar-refractivity contribution is 7.90. The number of aromatic nitrogens is 1. The molecule has 1 aromatic heterocycles. The maximum Gasteiger partial charge on any atom is 0.362 e. The molecule has 0 aromatic carbocycles. The largest absolute Gasteiger partial charge is 0.478 e. The Morgan fingerprint density at radius 3 is 2.41 bits per heavy atom. The van der Waals surface area contributed by atoms with Crippen LogP contribution < -0.4 is 11.1 Å². The third kappa shape index (κ3) is 5.69. The van der Waals surface area contributed by atoms with E-state index in [1.165, 1.54) is 5.38 Å². The number of carbonyl (C=O) groups excluding carboxylic acids is 2. The van der Waals surface area contributed by atoms with Gasteiger partial charge >= 0.3 is 16.3 Å². The summed E-state index contributed by atoms with van der Waals surface area (Å²) in [6, 6.07) is -3.29. The van der Waals surface area contributed by atoms with Gasteiger partial charge < -0.3 is 21.0 Å². The quantitative estimate of drug-likeness (QED) is 0.120. The molecule has 32 heavy (non-hydrogen) atoms. The number of nitrogen functional groups attached to an aromatic ring is 1. The fourth-order valence-electron chi connectivity index (χ4n) is 2.44. The van der Waals surface area contributed by atoms with E-state index in [1.54, 1.807) is 0 Å². The van der Waals surface area contributed by atoms with Crippen LogP contribution in [-0.4, -0.2) is 89.0 Å². The van der Waals surface area contributed by atoms with E-state index in [9.17, 15) is 35.8 Å². The highest BCUT2D eigenvalue weighted by Crippen LogP contribution is 2.25. The molecule has 0 radical (unpaired) electrons. The number of sulfone groups is 1. The number of oxime groups is 1. The Kier molecular flexibility index (Phi) is 6.84. The summed E-state index contributed by atoms with van der Waals surface area (Å²) in [4.78, 5) is 44.9. The predicted octanol–water partition coefficient (Wildman–Crippen LogP) is -2.15. The second-order valence-electron chi connectivity index (χ2n) is 7.14. The number of hydrogen-bond donors (Lipinski definition) is 4. The molecule has 2 atom stereocenters. The van der Waals surface area contributed by atoms with Crippen LogP contribution in [0.15, 0.2) is 10.5 Å². The first-order valence-corrected chi connectivity index (χ1v) is 12.8. The van der Waals surface area contributed by atoms with Crippen LogP contribution >= 0.6 is 11.3 Å². The average molecular weight is 514 g/mol. The number of amides is 2. The van der Waals surface area contributed by atoms with Gasteiger partial charge in [-0.2, -0.15) is 8.42 Å². The highest BCUT2D eigenvalue weighted by atomic mass is 32.2. The number of hydrogen-bond acceptors (Lipinski definition) is 12. The molecule has 15 nitrogen and oxygen atoms in total. The van der Waals surface area contributed by atoms with Crippen molar-refractivity contribution in [3.63, 3.8) is 0 Å². The molecule has 0 unspecified atom stereocenters. The van der Waals surface area contributed by atoms with Crippen molar-refractivity contribution < 1.29 is 45.7 Å². The van der Waals surface area contributed by atoms with Crippen molar-refractivity contribution in [1.82, 2.24) is 14.6 Å². The Bertz CT molecular complexity index is 1190. The molecule has 1 saturated heterocycles. The summed E-state index contributed by atoms with van der Waals surface area (Å²) in [5, 5.41) is 16.0. The van der Waals surface area contributed by atoms with Gasteiger partial charge in [-0.3, -0.25) is 14.1 Å². The second-order valence-corrected chi connectivity index (χ2v) is 11.5. The molecule has 1 aliphatic rings. The number of carbonyl (C=O) groups is 3. The topological polar surface area (TPSA) is 236 Å². The zero-order valence-corrected chi connectivity index (χ0v) is 19.2. The summed E-state index contributed by atoms with van der Waals surface area (Å²) in [5.41, 5.74) is 2.91. The monoisotopic (exact) mass is 513 g/mol. The number of thiazole rings is 1. The van der Waals surface area contributed by atoms with E-state index in [0.717, 1.165) is 31.4 Å². The van der Waals surface area contributed by atoms with Gasteiger partial charge in [0, 0.05) is 11.6 Å². The molecule has 2 rings (SSSR count). The van der Waals surface area contributed by atoms with Crippen molar-refractivity contribution in [2.75, 3.05) is 17.7 Å². The number of aliphatic carboxylic acids is 1. The first kappa shape index (κ1) is 25.4. The lowest BCUT2D eigenvalue weighted by Gasteiger charge is -2.43. The van der Waals surface area contributed by atoms with Gasteiger partial charge in [0.2, 0.25) is 5.60 Å². The molecule has 0 saturated carbocycles. The Morgan fingerprint density at radius 2 is 1.97 bits per heavy atom. The van der Waals surface area contributed by atoms with Gasteiger partial charge in [-0.1, -0.05) is 5.16 Å². The normalized spacial score (nSPS) is 19.9. The Morgan fingerprint density at radius 1 is 1.38 bits per heavy atom. The summed E-state index contributed by atoms with van der Waals surface area (Å²) in [7, 11) is -8.94. The first-order chi connectivity index (χ1) is 14.4. The highest BCUT2D eigenvalue weighted by Gasteiger charge is 2.55. The zero-order chi connectivity index (χ0) is 24.6. The van der Waals surface area contributed by atoms with Crippen LogP contribution in [-0.2, 0) is 39.4 Å². The third-order valence-electron chi connectivity index (χ3n) is 4.04. The van der Waals surface area contributed by atoms with E-state index >= 15 is 0 Å². The minimum absolute atomic E-state index is 0.0187. The fourth-order valence-corrected chi connectivity index (χ4v) is 4.93. The van der Waals surface area contributed by atoms with E-state index < -0.39 is 67.1 Å². The van der Waals surface area contributed by atoms with Crippen molar-refractivity contribution in [3.8, 4) is 0 Å². The first-order valence-electron chi connectivity index (χ1n) is 8.44. The molecule has 18 heteroatoms.